The number of ether oxygens (including phenoxy) is 1. The second kappa shape index (κ2) is 7.89. The van der Waals surface area contributed by atoms with Crippen molar-refractivity contribution in [1.29, 1.82) is 0 Å². The van der Waals surface area contributed by atoms with Crippen LogP contribution in [0.3, 0.4) is 0 Å². The number of benzene rings is 2. The summed E-state index contributed by atoms with van der Waals surface area (Å²) >= 11 is 6.29. The highest BCUT2D eigenvalue weighted by Gasteiger charge is 2.43. The van der Waals surface area contributed by atoms with Gasteiger partial charge in [0.05, 0.1) is 23.5 Å². The summed E-state index contributed by atoms with van der Waals surface area (Å²) < 4.78 is 5.84. The maximum Gasteiger partial charge on any atom is 0.282 e. The summed E-state index contributed by atoms with van der Waals surface area (Å²) in [7, 11) is 0. The van der Waals surface area contributed by atoms with Crippen molar-refractivity contribution < 1.29 is 14.3 Å². The minimum Gasteiger partial charge on any atom is -0.372 e. The molecular formula is C24H25ClN2O3. The molecule has 2 atom stereocenters. The highest BCUT2D eigenvalue weighted by molar-refractivity contribution is 6.45. The average Bonchev–Trinajstić information content (AvgIpc) is 2.94. The van der Waals surface area contributed by atoms with Gasteiger partial charge in [0.25, 0.3) is 11.8 Å². The molecule has 2 aliphatic heterocycles. The fraction of sp³-hybridized carbons (Fsp3) is 0.333. The van der Waals surface area contributed by atoms with Crippen LogP contribution >= 0.6 is 11.6 Å². The summed E-state index contributed by atoms with van der Waals surface area (Å²) in [6.07, 6.45) is -0.0717. The lowest BCUT2D eigenvalue weighted by atomic mass is 10.0. The highest BCUT2D eigenvalue weighted by atomic mass is 35.5. The fourth-order valence-electron chi connectivity index (χ4n) is 4.11. The number of rotatable bonds is 3. The number of hydrogen-bond donors (Lipinski definition) is 0. The predicted octanol–water partition coefficient (Wildman–Crippen LogP) is 4.35. The lowest BCUT2D eigenvalue weighted by Crippen LogP contribution is -2.47. The number of halogens is 1. The molecule has 2 aliphatic rings. The third-order valence-electron chi connectivity index (χ3n) is 5.55. The Hall–Kier alpha value is -2.63. The predicted molar refractivity (Wildman–Crippen MR) is 118 cm³/mol. The number of carbonyl (C=O) groups is 2. The molecule has 2 aromatic rings. The zero-order valence-electron chi connectivity index (χ0n) is 17.6. The Kier molecular flexibility index (Phi) is 5.43. The Morgan fingerprint density at radius 3 is 2.17 bits per heavy atom. The van der Waals surface area contributed by atoms with Gasteiger partial charge in [0.15, 0.2) is 0 Å². The van der Waals surface area contributed by atoms with Gasteiger partial charge in [-0.1, -0.05) is 47.5 Å². The van der Waals surface area contributed by atoms with Crippen LogP contribution in [0.1, 0.15) is 30.5 Å². The van der Waals surface area contributed by atoms with E-state index >= 15 is 0 Å². The van der Waals surface area contributed by atoms with Gasteiger partial charge in [-0.25, -0.2) is 4.90 Å². The van der Waals surface area contributed by atoms with E-state index in [-0.39, 0.29) is 24.0 Å². The normalized spacial score (nSPS) is 22.3. The minimum absolute atomic E-state index is 0.0358. The van der Waals surface area contributed by atoms with Gasteiger partial charge in [-0.2, -0.15) is 0 Å². The summed E-state index contributed by atoms with van der Waals surface area (Å²) in [5.41, 5.74) is 4.06. The van der Waals surface area contributed by atoms with Crippen LogP contribution in [0.15, 0.2) is 48.2 Å². The van der Waals surface area contributed by atoms with Crippen LogP contribution in [0.25, 0.3) is 5.57 Å². The zero-order valence-corrected chi connectivity index (χ0v) is 18.4. The summed E-state index contributed by atoms with van der Waals surface area (Å²) in [5.74, 6) is -0.651. The Bertz CT molecular complexity index is 1030. The molecule has 2 unspecified atom stereocenters. The van der Waals surface area contributed by atoms with E-state index in [1.807, 2.05) is 62.9 Å². The fourth-order valence-corrected chi connectivity index (χ4v) is 4.28. The van der Waals surface area contributed by atoms with Crippen molar-refractivity contribution in [2.24, 2.45) is 0 Å². The van der Waals surface area contributed by atoms with Crippen molar-refractivity contribution in [3.05, 3.63) is 69.9 Å². The summed E-state index contributed by atoms with van der Waals surface area (Å²) in [6, 6.07) is 13.0. The number of anilines is 1. The van der Waals surface area contributed by atoms with Crippen LogP contribution in [0.4, 0.5) is 5.69 Å². The van der Waals surface area contributed by atoms with Crippen molar-refractivity contribution in [1.82, 2.24) is 4.90 Å². The van der Waals surface area contributed by atoms with Crippen molar-refractivity contribution in [3.63, 3.8) is 0 Å². The number of hydrogen-bond acceptors (Lipinski definition) is 4. The number of morpholine rings is 1. The Morgan fingerprint density at radius 1 is 0.933 bits per heavy atom. The van der Waals surface area contributed by atoms with E-state index in [2.05, 4.69) is 0 Å². The number of nitrogens with zero attached hydrogens (tertiary/aromatic N) is 2. The van der Waals surface area contributed by atoms with E-state index in [1.165, 1.54) is 4.90 Å². The first-order valence-corrected chi connectivity index (χ1v) is 10.5. The number of imide groups is 1. The molecule has 1 fully saturated rings. The topological polar surface area (TPSA) is 49.9 Å². The summed E-state index contributed by atoms with van der Waals surface area (Å²) in [5, 5.41) is 0.520. The molecule has 2 heterocycles. The molecule has 0 radical (unpaired) electrons. The third kappa shape index (κ3) is 3.64. The second-order valence-electron chi connectivity index (χ2n) is 8.13. The van der Waals surface area contributed by atoms with Crippen LogP contribution in [0.2, 0.25) is 5.02 Å². The Morgan fingerprint density at radius 2 is 1.57 bits per heavy atom. The quantitative estimate of drug-likeness (QED) is 0.687. The van der Waals surface area contributed by atoms with Gasteiger partial charge in [-0.15, -0.1) is 0 Å². The average molecular weight is 425 g/mol. The maximum atomic E-state index is 13.6. The Labute approximate surface area is 181 Å². The first-order chi connectivity index (χ1) is 14.3. The van der Waals surface area contributed by atoms with Crippen LogP contribution in [-0.2, 0) is 14.3 Å². The van der Waals surface area contributed by atoms with Gasteiger partial charge in [0.2, 0.25) is 0 Å². The molecule has 6 heteroatoms. The van der Waals surface area contributed by atoms with Crippen molar-refractivity contribution in [2.45, 2.75) is 39.9 Å². The molecule has 156 valence electrons. The molecule has 0 aliphatic carbocycles. The monoisotopic (exact) mass is 424 g/mol. The third-order valence-corrected chi connectivity index (χ3v) is 5.96. The van der Waals surface area contributed by atoms with E-state index in [0.717, 1.165) is 16.7 Å². The van der Waals surface area contributed by atoms with E-state index in [0.29, 0.717) is 35.1 Å². The van der Waals surface area contributed by atoms with Gasteiger partial charge in [0, 0.05) is 18.1 Å². The Balaban J connectivity index is 1.84. The van der Waals surface area contributed by atoms with E-state index in [9.17, 15) is 9.59 Å². The summed E-state index contributed by atoms with van der Waals surface area (Å²) in [6.45, 7) is 8.94. The van der Waals surface area contributed by atoms with Crippen LogP contribution in [0.5, 0.6) is 0 Å². The molecule has 4 rings (SSSR count). The van der Waals surface area contributed by atoms with E-state index < -0.39 is 0 Å². The number of carbonyl (C=O) groups excluding carboxylic acids is 2. The molecule has 2 amide bonds. The maximum absolute atomic E-state index is 13.6. The van der Waals surface area contributed by atoms with Crippen LogP contribution in [0, 0.1) is 13.8 Å². The minimum atomic E-state index is -0.328. The van der Waals surface area contributed by atoms with Gasteiger partial charge >= 0.3 is 0 Å². The summed E-state index contributed by atoms with van der Waals surface area (Å²) in [4.78, 5) is 30.4. The zero-order chi connectivity index (χ0) is 21.6. The smallest absolute Gasteiger partial charge is 0.282 e. The molecule has 30 heavy (non-hydrogen) atoms. The first kappa shape index (κ1) is 20.6. The SMILES string of the molecule is Cc1ccc(C2=C(N3CC(C)OC(C)C3)C(=O)N(c3ccc(C)c(Cl)c3)C2=O)cc1. The molecule has 0 saturated carbocycles. The van der Waals surface area contributed by atoms with Gasteiger partial charge < -0.3 is 9.64 Å². The van der Waals surface area contributed by atoms with E-state index in [1.54, 1.807) is 12.1 Å². The van der Waals surface area contributed by atoms with Gasteiger partial charge in [-0.3, -0.25) is 9.59 Å². The standard InChI is InChI=1S/C24H25ClN2O3/c1-14-5-8-18(9-6-14)21-22(26-12-16(3)30-17(4)13-26)24(29)27(23(21)28)19-10-7-15(2)20(25)11-19/h5-11,16-17H,12-13H2,1-4H3. The molecule has 0 spiro atoms. The van der Waals surface area contributed by atoms with E-state index in [4.69, 9.17) is 16.3 Å². The van der Waals surface area contributed by atoms with Gasteiger partial charge in [0.1, 0.15) is 5.70 Å². The molecule has 5 nitrogen and oxygen atoms in total. The molecule has 0 aromatic heterocycles. The molecule has 0 bridgehead atoms. The lowest BCUT2D eigenvalue weighted by molar-refractivity contribution is -0.121. The first-order valence-electron chi connectivity index (χ1n) is 10.1. The molecule has 2 aromatic carbocycles. The second-order valence-corrected chi connectivity index (χ2v) is 8.54. The highest BCUT2D eigenvalue weighted by Crippen LogP contribution is 2.37. The largest absolute Gasteiger partial charge is 0.372 e. The number of amides is 2. The van der Waals surface area contributed by atoms with Crippen LogP contribution in [-0.4, -0.2) is 42.0 Å². The van der Waals surface area contributed by atoms with Gasteiger partial charge in [-0.05, 0) is 51.0 Å². The molecule has 0 N–H and O–H groups in total. The number of aryl methyl sites for hydroxylation is 2. The van der Waals surface area contributed by atoms with Crippen LogP contribution < -0.4 is 4.90 Å². The van der Waals surface area contributed by atoms with Crippen molar-refractivity contribution >= 4 is 34.7 Å². The van der Waals surface area contributed by atoms with Crippen molar-refractivity contribution in [3.8, 4) is 0 Å². The molecular weight excluding hydrogens is 400 g/mol. The van der Waals surface area contributed by atoms with Crippen molar-refractivity contribution in [2.75, 3.05) is 18.0 Å². The lowest BCUT2D eigenvalue weighted by Gasteiger charge is -2.37. The molecule has 1 saturated heterocycles.